The van der Waals surface area contributed by atoms with E-state index >= 15 is 0 Å². The molecule has 1 fully saturated rings. The Balaban J connectivity index is 1.88. The maximum absolute atomic E-state index is 12.0. The molecule has 0 N–H and O–H groups in total. The van der Waals surface area contributed by atoms with Gasteiger partial charge in [-0.1, -0.05) is 60.7 Å². The Labute approximate surface area is 130 Å². The van der Waals surface area contributed by atoms with Crippen LogP contribution in [0.5, 0.6) is 0 Å². The van der Waals surface area contributed by atoms with Crippen molar-refractivity contribution >= 4 is 17.5 Å². The van der Waals surface area contributed by atoms with Crippen molar-refractivity contribution in [1.82, 2.24) is 4.90 Å². The van der Waals surface area contributed by atoms with Crippen LogP contribution >= 0.6 is 11.6 Å². The molecule has 0 aliphatic carbocycles. The molecule has 0 aromatic heterocycles. The summed E-state index contributed by atoms with van der Waals surface area (Å²) < 4.78 is 0. The second-order valence-corrected chi connectivity index (χ2v) is 6.09. The van der Waals surface area contributed by atoms with Crippen molar-refractivity contribution in [3.8, 4) is 0 Å². The molecule has 1 atom stereocenters. The fourth-order valence-electron chi connectivity index (χ4n) is 2.89. The van der Waals surface area contributed by atoms with E-state index < -0.39 is 0 Å². The van der Waals surface area contributed by atoms with Crippen molar-refractivity contribution in [3.63, 3.8) is 0 Å². The molecular weight excluding hydrogens is 282 g/mol. The first kappa shape index (κ1) is 14.2. The predicted octanol–water partition coefficient (Wildman–Crippen LogP) is 3.66. The number of likely N-dealkylation sites (tertiary alicyclic amines) is 1. The van der Waals surface area contributed by atoms with E-state index in [0.29, 0.717) is 19.5 Å². The summed E-state index contributed by atoms with van der Waals surface area (Å²) in [6.07, 6.45) is 0.456. The fraction of sp³-hybridized carbons (Fsp3) is 0.278. The number of rotatable bonds is 4. The van der Waals surface area contributed by atoms with Gasteiger partial charge >= 0.3 is 0 Å². The number of carbonyl (C=O) groups excluding carboxylic acids is 1. The van der Waals surface area contributed by atoms with Crippen LogP contribution in [0.4, 0.5) is 0 Å². The lowest BCUT2D eigenvalue weighted by atomic mass is 9.91. The molecule has 1 heterocycles. The highest BCUT2D eigenvalue weighted by Gasteiger charge is 2.30. The first-order chi connectivity index (χ1) is 10.2. The minimum Gasteiger partial charge on any atom is -0.340 e. The Hall–Kier alpha value is -1.80. The van der Waals surface area contributed by atoms with E-state index in [9.17, 15) is 4.79 Å². The molecule has 3 heteroatoms. The third-order valence-corrected chi connectivity index (χ3v) is 4.27. The van der Waals surface area contributed by atoms with Crippen LogP contribution in [0.3, 0.4) is 0 Å². The van der Waals surface area contributed by atoms with Crippen LogP contribution in [-0.2, 0) is 4.79 Å². The van der Waals surface area contributed by atoms with Gasteiger partial charge in [-0.25, -0.2) is 0 Å². The Morgan fingerprint density at radius 3 is 1.95 bits per heavy atom. The summed E-state index contributed by atoms with van der Waals surface area (Å²) in [4.78, 5) is 13.9. The van der Waals surface area contributed by atoms with E-state index in [4.69, 9.17) is 11.6 Å². The van der Waals surface area contributed by atoms with Gasteiger partial charge in [0.1, 0.15) is 0 Å². The van der Waals surface area contributed by atoms with Crippen LogP contribution in [0, 0.1) is 0 Å². The maximum Gasteiger partial charge on any atom is 0.224 e. The molecule has 0 saturated carbocycles. The molecule has 2 aromatic rings. The average molecular weight is 300 g/mol. The van der Waals surface area contributed by atoms with Crippen molar-refractivity contribution in [2.75, 3.05) is 13.1 Å². The van der Waals surface area contributed by atoms with Gasteiger partial charge in [-0.3, -0.25) is 4.79 Å². The molecule has 1 unspecified atom stereocenters. The summed E-state index contributed by atoms with van der Waals surface area (Å²) in [6, 6.07) is 20.7. The van der Waals surface area contributed by atoms with E-state index in [-0.39, 0.29) is 17.2 Å². The molecule has 0 radical (unpaired) electrons. The normalized spacial score (nSPS) is 18.5. The van der Waals surface area contributed by atoms with Crippen LogP contribution in [0.2, 0.25) is 0 Å². The number of nitrogens with zero attached hydrogens (tertiary/aromatic N) is 1. The molecule has 108 valence electrons. The van der Waals surface area contributed by atoms with E-state index in [1.807, 2.05) is 41.3 Å². The lowest BCUT2D eigenvalue weighted by molar-refractivity contribution is -0.127. The van der Waals surface area contributed by atoms with Gasteiger partial charge in [0.2, 0.25) is 5.91 Å². The van der Waals surface area contributed by atoms with Gasteiger partial charge in [0, 0.05) is 25.4 Å². The third kappa shape index (κ3) is 3.27. The zero-order valence-corrected chi connectivity index (χ0v) is 12.5. The number of alkyl halides is 1. The van der Waals surface area contributed by atoms with Gasteiger partial charge in [0.15, 0.2) is 0 Å². The summed E-state index contributed by atoms with van der Waals surface area (Å²) in [6.45, 7) is 1.34. The van der Waals surface area contributed by atoms with E-state index in [1.165, 1.54) is 11.1 Å². The summed E-state index contributed by atoms with van der Waals surface area (Å²) in [5.41, 5.74) is 2.46. The van der Waals surface area contributed by atoms with Gasteiger partial charge in [-0.2, -0.15) is 0 Å². The molecule has 2 nitrogen and oxygen atoms in total. The number of benzene rings is 2. The van der Waals surface area contributed by atoms with Gasteiger partial charge < -0.3 is 4.90 Å². The van der Waals surface area contributed by atoms with Crippen LogP contribution in [0.1, 0.15) is 23.5 Å². The zero-order valence-electron chi connectivity index (χ0n) is 11.8. The summed E-state index contributed by atoms with van der Waals surface area (Å²) in [5, 5.41) is -0.0512. The highest BCUT2D eigenvalue weighted by atomic mass is 35.5. The van der Waals surface area contributed by atoms with Gasteiger partial charge in [0.05, 0.1) is 5.38 Å². The molecule has 1 aliphatic rings. The highest BCUT2D eigenvalue weighted by molar-refractivity contribution is 6.22. The molecular formula is C18H18ClNO. The Morgan fingerprint density at radius 1 is 1.00 bits per heavy atom. The third-order valence-electron chi connectivity index (χ3n) is 3.97. The highest BCUT2D eigenvalue weighted by Crippen LogP contribution is 2.28. The summed E-state index contributed by atoms with van der Waals surface area (Å²) in [7, 11) is 0. The first-order valence-corrected chi connectivity index (χ1v) is 7.69. The lowest BCUT2D eigenvalue weighted by Gasteiger charge is -2.24. The molecule has 1 aliphatic heterocycles. The number of amides is 1. The molecule has 0 spiro atoms. The molecule has 1 saturated heterocycles. The van der Waals surface area contributed by atoms with E-state index in [1.54, 1.807) is 0 Å². The van der Waals surface area contributed by atoms with Crippen molar-refractivity contribution < 1.29 is 4.79 Å². The predicted molar refractivity (Wildman–Crippen MR) is 85.6 cm³/mol. The topological polar surface area (TPSA) is 20.3 Å². The zero-order chi connectivity index (χ0) is 14.7. The second kappa shape index (κ2) is 6.31. The van der Waals surface area contributed by atoms with E-state index in [0.717, 1.165) is 0 Å². The standard InChI is InChI=1S/C18H18ClNO/c19-16-11-18(21)20(12-16)13-17(14-7-3-1-4-8-14)15-9-5-2-6-10-15/h1-10,16-17H,11-13H2. The Morgan fingerprint density at radius 2 is 1.52 bits per heavy atom. The Bertz CT molecular complexity index is 560. The number of halogens is 1. The molecule has 3 rings (SSSR count). The number of carbonyl (C=O) groups is 1. The SMILES string of the molecule is O=C1CC(Cl)CN1CC(c1ccccc1)c1ccccc1. The molecule has 2 aromatic carbocycles. The van der Waals surface area contributed by atoms with Crippen molar-refractivity contribution in [1.29, 1.82) is 0 Å². The lowest BCUT2D eigenvalue weighted by Crippen LogP contribution is -2.30. The van der Waals surface area contributed by atoms with Crippen LogP contribution in [0.25, 0.3) is 0 Å². The van der Waals surface area contributed by atoms with Gasteiger partial charge in [0.25, 0.3) is 0 Å². The maximum atomic E-state index is 12.0. The first-order valence-electron chi connectivity index (χ1n) is 7.26. The second-order valence-electron chi connectivity index (χ2n) is 5.47. The van der Waals surface area contributed by atoms with Crippen LogP contribution < -0.4 is 0 Å². The summed E-state index contributed by atoms with van der Waals surface area (Å²) >= 11 is 6.11. The minimum absolute atomic E-state index is 0.0512. The number of hydrogen-bond donors (Lipinski definition) is 0. The van der Waals surface area contributed by atoms with Crippen molar-refractivity contribution in [2.45, 2.75) is 17.7 Å². The smallest absolute Gasteiger partial charge is 0.224 e. The molecule has 21 heavy (non-hydrogen) atoms. The quantitative estimate of drug-likeness (QED) is 0.789. The van der Waals surface area contributed by atoms with Crippen molar-refractivity contribution in [3.05, 3.63) is 71.8 Å². The minimum atomic E-state index is -0.0512. The van der Waals surface area contributed by atoms with Gasteiger partial charge in [-0.05, 0) is 11.1 Å². The molecule has 0 bridgehead atoms. The van der Waals surface area contributed by atoms with Crippen molar-refractivity contribution in [2.24, 2.45) is 0 Å². The Kier molecular flexibility index (Phi) is 4.26. The van der Waals surface area contributed by atoms with Crippen LogP contribution in [-0.4, -0.2) is 29.3 Å². The van der Waals surface area contributed by atoms with E-state index in [2.05, 4.69) is 24.3 Å². The van der Waals surface area contributed by atoms with Crippen LogP contribution in [0.15, 0.2) is 60.7 Å². The monoisotopic (exact) mass is 299 g/mol. The van der Waals surface area contributed by atoms with Gasteiger partial charge in [-0.15, -0.1) is 11.6 Å². The largest absolute Gasteiger partial charge is 0.340 e. The molecule has 1 amide bonds. The average Bonchev–Trinajstić information content (AvgIpc) is 2.84. The fourth-order valence-corrected chi connectivity index (χ4v) is 3.19. The summed E-state index contributed by atoms with van der Waals surface area (Å²) in [5.74, 6) is 0.352. The number of hydrogen-bond acceptors (Lipinski definition) is 1.